The van der Waals surface area contributed by atoms with Crippen LogP contribution in [-0.4, -0.2) is 46.1 Å². The Bertz CT molecular complexity index is 1320. The molecule has 1 N–H and O–H groups in total. The summed E-state index contributed by atoms with van der Waals surface area (Å²) in [5.74, 6) is -0.684. The molecule has 31 heavy (non-hydrogen) atoms. The molecular formula is C18H13N5O6S2. The van der Waals surface area contributed by atoms with E-state index in [4.69, 9.17) is 9.83 Å². The molecule has 1 aromatic heterocycles. The van der Waals surface area contributed by atoms with E-state index in [1.807, 2.05) is 0 Å². The Labute approximate surface area is 179 Å². The lowest BCUT2D eigenvalue weighted by Gasteiger charge is -2.24. The Balaban J connectivity index is 1.65. The molecule has 2 aliphatic heterocycles. The third-order valence-corrected chi connectivity index (χ3v) is 6.84. The van der Waals surface area contributed by atoms with E-state index in [9.17, 15) is 23.3 Å². The van der Waals surface area contributed by atoms with Gasteiger partial charge in [-0.25, -0.2) is 13.3 Å². The van der Waals surface area contributed by atoms with Gasteiger partial charge in [-0.1, -0.05) is 6.92 Å². The van der Waals surface area contributed by atoms with Gasteiger partial charge in [-0.15, -0.1) is 0 Å². The van der Waals surface area contributed by atoms with Crippen LogP contribution in [0.2, 0.25) is 0 Å². The average molecular weight is 459 g/mol. The average Bonchev–Trinajstić information content (AvgIpc) is 3.38. The van der Waals surface area contributed by atoms with E-state index in [-0.39, 0.29) is 38.9 Å². The van der Waals surface area contributed by atoms with Crippen molar-refractivity contribution in [1.82, 2.24) is 4.90 Å². The number of sulfone groups is 1. The number of carbonyl (C=O) groups is 1. The van der Waals surface area contributed by atoms with E-state index in [1.54, 1.807) is 12.1 Å². The lowest BCUT2D eigenvalue weighted by atomic mass is 10.1. The van der Waals surface area contributed by atoms with E-state index >= 15 is 0 Å². The SMILES string of the molecule is CCS(=O)(=O)C1=NSC2=NC(=O)/C(=C\c3ccc(-c4ccc([N+](=O)[O-])cc4)o3)C(=N)N21. The van der Waals surface area contributed by atoms with Crippen LogP contribution in [0.4, 0.5) is 5.69 Å². The first-order valence-corrected chi connectivity index (χ1v) is 11.2. The van der Waals surface area contributed by atoms with Crippen LogP contribution in [0.1, 0.15) is 12.7 Å². The second-order valence-corrected chi connectivity index (χ2v) is 9.22. The number of hydrogen-bond acceptors (Lipinski definition) is 9. The highest BCUT2D eigenvalue weighted by atomic mass is 32.2. The van der Waals surface area contributed by atoms with Gasteiger partial charge in [0, 0.05) is 17.7 Å². The summed E-state index contributed by atoms with van der Waals surface area (Å²) in [5.41, 5.74) is 0.366. The van der Waals surface area contributed by atoms with Crippen molar-refractivity contribution in [2.24, 2.45) is 9.39 Å². The molecule has 0 bridgehead atoms. The molecule has 3 heterocycles. The number of furan rings is 1. The molecule has 2 aromatic rings. The Hall–Kier alpha value is -3.58. The van der Waals surface area contributed by atoms with Crippen LogP contribution in [0.25, 0.3) is 17.4 Å². The first-order chi connectivity index (χ1) is 14.7. The molecule has 0 spiro atoms. The molecule has 0 atom stereocenters. The van der Waals surface area contributed by atoms with Gasteiger partial charge in [0.25, 0.3) is 11.6 Å². The zero-order valence-electron chi connectivity index (χ0n) is 15.8. The largest absolute Gasteiger partial charge is 0.457 e. The molecule has 0 saturated heterocycles. The maximum Gasteiger partial charge on any atom is 0.283 e. The minimum atomic E-state index is -3.73. The third-order valence-electron chi connectivity index (χ3n) is 4.43. The van der Waals surface area contributed by atoms with Gasteiger partial charge < -0.3 is 4.42 Å². The number of non-ortho nitro benzene ring substituents is 1. The molecule has 1 aromatic carbocycles. The zero-order chi connectivity index (χ0) is 22.3. The first kappa shape index (κ1) is 20.7. The van der Waals surface area contributed by atoms with Crippen LogP contribution >= 0.6 is 11.9 Å². The topological polar surface area (TPSA) is 159 Å². The molecule has 0 fully saturated rings. The Morgan fingerprint density at radius 3 is 2.61 bits per heavy atom. The van der Waals surface area contributed by atoms with Crippen molar-refractivity contribution in [3.05, 3.63) is 57.8 Å². The van der Waals surface area contributed by atoms with Crippen LogP contribution in [0.15, 0.2) is 55.8 Å². The van der Waals surface area contributed by atoms with Gasteiger partial charge in [-0.05, 0) is 30.3 Å². The van der Waals surface area contributed by atoms with Gasteiger partial charge in [0.05, 0.1) is 28.2 Å². The quantitative estimate of drug-likeness (QED) is 0.316. The van der Waals surface area contributed by atoms with Crippen molar-refractivity contribution in [2.45, 2.75) is 6.92 Å². The fourth-order valence-corrected chi connectivity index (χ4v) is 4.77. The second kappa shape index (κ2) is 7.59. The van der Waals surface area contributed by atoms with Gasteiger partial charge in [0.15, 0.2) is 0 Å². The van der Waals surface area contributed by atoms with Gasteiger partial charge in [-0.2, -0.15) is 9.39 Å². The van der Waals surface area contributed by atoms with Crippen LogP contribution in [-0.2, 0) is 14.6 Å². The number of nitrogens with zero attached hydrogens (tertiary/aromatic N) is 4. The summed E-state index contributed by atoms with van der Waals surface area (Å²) < 4.78 is 34.1. The molecule has 13 heteroatoms. The monoisotopic (exact) mass is 459 g/mol. The molecule has 0 aliphatic carbocycles. The van der Waals surface area contributed by atoms with Crippen LogP contribution < -0.4 is 0 Å². The summed E-state index contributed by atoms with van der Waals surface area (Å²) in [6.45, 7) is 1.45. The minimum absolute atomic E-state index is 0.00480. The summed E-state index contributed by atoms with van der Waals surface area (Å²) in [6.07, 6.45) is 1.29. The van der Waals surface area contributed by atoms with Crippen molar-refractivity contribution in [3.63, 3.8) is 0 Å². The van der Waals surface area contributed by atoms with Crippen LogP contribution in [0.3, 0.4) is 0 Å². The smallest absolute Gasteiger partial charge is 0.283 e. The summed E-state index contributed by atoms with van der Waals surface area (Å²) in [4.78, 5) is 27.5. The van der Waals surface area contributed by atoms with Gasteiger partial charge in [0.2, 0.25) is 20.2 Å². The van der Waals surface area contributed by atoms with E-state index in [0.717, 1.165) is 16.8 Å². The van der Waals surface area contributed by atoms with Crippen molar-refractivity contribution in [2.75, 3.05) is 5.75 Å². The highest BCUT2D eigenvalue weighted by molar-refractivity contribution is 8.16. The van der Waals surface area contributed by atoms with Crippen molar-refractivity contribution < 1.29 is 22.6 Å². The van der Waals surface area contributed by atoms with Crippen molar-refractivity contribution >= 4 is 55.6 Å². The van der Waals surface area contributed by atoms with E-state index in [1.165, 1.54) is 37.3 Å². The number of benzene rings is 1. The minimum Gasteiger partial charge on any atom is -0.457 e. The Kier molecular flexibility index (Phi) is 5.07. The summed E-state index contributed by atoms with van der Waals surface area (Å²) in [6, 6.07) is 8.90. The van der Waals surface area contributed by atoms with Gasteiger partial charge in [-0.3, -0.25) is 20.3 Å². The standard InChI is InChI=1S/C18H13N5O6S2/c1-2-31(27,28)18-21-30-17-20-16(24)13(15(19)22(17)18)9-12-7-8-14(29-12)10-3-5-11(6-4-10)23(25)26/h3-9,19H,2H2,1H3/b13-9-,19-15?. The number of carbonyl (C=O) groups excluding carboxylic acids is 1. The third kappa shape index (κ3) is 3.68. The number of nitro groups is 1. The highest BCUT2D eigenvalue weighted by Crippen LogP contribution is 2.31. The second-order valence-electron chi connectivity index (χ2n) is 6.32. The molecule has 4 rings (SSSR count). The Morgan fingerprint density at radius 2 is 1.97 bits per heavy atom. The summed E-state index contributed by atoms with van der Waals surface area (Å²) in [5, 5.41) is 18.8. The van der Waals surface area contributed by atoms with E-state index in [2.05, 4.69) is 9.39 Å². The molecule has 11 nitrogen and oxygen atoms in total. The number of hydrogen-bond donors (Lipinski definition) is 1. The van der Waals surface area contributed by atoms with E-state index < -0.39 is 20.7 Å². The van der Waals surface area contributed by atoms with Crippen molar-refractivity contribution in [1.29, 1.82) is 5.41 Å². The molecule has 158 valence electrons. The maximum absolute atomic E-state index is 12.4. The lowest BCUT2D eigenvalue weighted by Crippen LogP contribution is -2.45. The number of rotatable bonds is 4. The molecular weight excluding hydrogens is 446 g/mol. The molecule has 0 saturated carbocycles. The zero-order valence-corrected chi connectivity index (χ0v) is 17.4. The maximum atomic E-state index is 12.4. The van der Waals surface area contributed by atoms with Gasteiger partial charge in [0.1, 0.15) is 17.4 Å². The number of aliphatic imine (C=N–C) groups is 1. The van der Waals surface area contributed by atoms with Crippen LogP contribution in [0, 0.1) is 15.5 Å². The van der Waals surface area contributed by atoms with Crippen LogP contribution in [0.5, 0.6) is 0 Å². The highest BCUT2D eigenvalue weighted by Gasteiger charge is 2.42. The number of fused-ring (bicyclic) bond motifs is 1. The fraction of sp³-hybridized carbons (Fsp3) is 0.111. The lowest BCUT2D eigenvalue weighted by molar-refractivity contribution is -0.384. The normalized spacial score (nSPS) is 17.6. The number of nitrogens with one attached hydrogen (secondary N) is 1. The predicted octanol–water partition coefficient (Wildman–Crippen LogP) is 2.87. The summed E-state index contributed by atoms with van der Waals surface area (Å²) in [7, 11) is -3.73. The number of nitro benzene ring substituents is 1. The fourth-order valence-electron chi connectivity index (χ4n) is 2.80. The predicted molar refractivity (Wildman–Crippen MR) is 115 cm³/mol. The molecule has 2 aliphatic rings. The van der Waals surface area contributed by atoms with E-state index in [0.29, 0.717) is 11.3 Å². The first-order valence-electron chi connectivity index (χ1n) is 8.77. The number of amidine groups is 3. The molecule has 1 amide bonds. The summed E-state index contributed by atoms with van der Waals surface area (Å²) >= 11 is 0.721. The van der Waals surface area contributed by atoms with Crippen molar-refractivity contribution in [3.8, 4) is 11.3 Å². The van der Waals surface area contributed by atoms with Gasteiger partial charge >= 0.3 is 0 Å². The molecule has 0 radical (unpaired) electrons. The molecule has 0 unspecified atom stereocenters. The Morgan fingerprint density at radius 1 is 1.26 bits per heavy atom. The number of amides is 1.